The standard InChI is InChI=1S/C17H16Cl3NO6/c1-6(22)13-8-3-9(18)10(19)4-11(8)21(16(13)20)17-15(25)14(24)12(27-17)5-26-7(2)23/h3-4,12,14-15,17,24-25H,5H2,1-2H3/t12-,14-,15-,17?/m1/s1. The van der Waals surface area contributed by atoms with Gasteiger partial charge in [0.25, 0.3) is 0 Å². The van der Waals surface area contributed by atoms with E-state index in [9.17, 15) is 19.8 Å². The summed E-state index contributed by atoms with van der Waals surface area (Å²) in [5.41, 5.74) is 0.600. The number of carbonyl (C=O) groups excluding carboxylic acids is 2. The molecule has 3 rings (SSSR count). The molecule has 146 valence electrons. The van der Waals surface area contributed by atoms with Gasteiger partial charge in [-0.1, -0.05) is 34.8 Å². The topological polar surface area (TPSA) is 98.0 Å². The molecule has 1 saturated heterocycles. The average Bonchev–Trinajstić information content (AvgIpc) is 3.00. The molecule has 0 spiro atoms. The SMILES string of the molecule is CC(=O)OC[C@H]1OC(n2c(Cl)c(C(C)=O)c3cc(Cl)c(Cl)cc32)[C@H](O)[C@@H]1O. The number of aromatic nitrogens is 1. The Morgan fingerprint density at radius 3 is 2.37 bits per heavy atom. The largest absolute Gasteiger partial charge is 0.463 e. The van der Waals surface area contributed by atoms with Crippen LogP contribution < -0.4 is 0 Å². The number of rotatable bonds is 4. The molecule has 1 unspecified atom stereocenters. The third-order valence-electron chi connectivity index (χ3n) is 4.38. The first-order valence-electron chi connectivity index (χ1n) is 7.97. The molecule has 1 aromatic heterocycles. The van der Waals surface area contributed by atoms with Crippen molar-refractivity contribution in [3.63, 3.8) is 0 Å². The fourth-order valence-corrected chi connectivity index (χ4v) is 3.88. The number of hydrogen-bond acceptors (Lipinski definition) is 6. The van der Waals surface area contributed by atoms with Crippen molar-refractivity contribution < 1.29 is 29.3 Å². The lowest BCUT2D eigenvalue weighted by molar-refractivity contribution is -0.147. The predicted octanol–water partition coefficient (Wildman–Crippen LogP) is 2.99. The minimum absolute atomic E-state index is 0.0141. The Kier molecular flexibility index (Phi) is 5.72. The smallest absolute Gasteiger partial charge is 0.302 e. The number of aliphatic hydroxyl groups is 2. The van der Waals surface area contributed by atoms with Crippen LogP contribution in [-0.4, -0.2) is 51.5 Å². The summed E-state index contributed by atoms with van der Waals surface area (Å²) in [6.45, 7) is 2.32. The van der Waals surface area contributed by atoms with Gasteiger partial charge in [-0.05, 0) is 19.1 Å². The van der Waals surface area contributed by atoms with Gasteiger partial charge in [0.05, 0.1) is 21.1 Å². The summed E-state index contributed by atoms with van der Waals surface area (Å²) in [5.74, 6) is -0.861. The Labute approximate surface area is 169 Å². The number of benzene rings is 1. The highest BCUT2D eigenvalue weighted by Crippen LogP contribution is 2.41. The number of aliphatic hydroxyl groups excluding tert-OH is 2. The van der Waals surface area contributed by atoms with E-state index >= 15 is 0 Å². The van der Waals surface area contributed by atoms with Crippen molar-refractivity contribution in [2.24, 2.45) is 0 Å². The molecule has 7 nitrogen and oxygen atoms in total. The number of fused-ring (bicyclic) bond motifs is 1. The van der Waals surface area contributed by atoms with Crippen LogP contribution in [0.5, 0.6) is 0 Å². The van der Waals surface area contributed by atoms with E-state index in [0.29, 0.717) is 10.9 Å². The highest BCUT2D eigenvalue weighted by atomic mass is 35.5. The van der Waals surface area contributed by atoms with Gasteiger partial charge in [-0.2, -0.15) is 0 Å². The summed E-state index contributed by atoms with van der Waals surface area (Å²) in [5, 5.41) is 21.6. The Morgan fingerprint density at radius 1 is 1.15 bits per heavy atom. The van der Waals surface area contributed by atoms with Gasteiger partial charge in [-0.3, -0.25) is 9.59 Å². The molecule has 1 aliphatic heterocycles. The van der Waals surface area contributed by atoms with Crippen molar-refractivity contribution in [1.82, 2.24) is 4.57 Å². The highest BCUT2D eigenvalue weighted by molar-refractivity contribution is 6.43. The number of ether oxygens (including phenoxy) is 2. The van der Waals surface area contributed by atoms with Gasteiger partial charge >= 0.3 is 5.97 Å². The summed E-state index contributed by atoms with van der Waals surface area (Å²) in [7, 11) is 0. The van der Waals surface area contributed by atoms with Gasteiger partial charge in [0.2, 0.25) is 0 Å². The summed E-state index contributed by atoms with van der Waals surface area (Å²) in [6.07, 6.45) is -4.80. The van der Waals surface area contributed by atoms with Crippen molar-refractivity contribution >= 4 is 57.5 Å². The van der Waals surface area contributed by atoms with Crippen molar-refractivity contribution in [3.8, 4) is 0 Å². The molecule has 0 bridgehead atoms. The summed E-state index contributed by atoms with van der Waals surface area (Å²) in [4.78, 5) is 23.1. The number of carbonyl (C=O) groups is 2. The predicted molar refractivity (Wildman–Crippen MR) is 99.5 cm³/mol. The second kappa shape index (κ2) is 7.58. The van der Waals surface area contributed by atoms with E-state index in [0.717, 1.165) is 0 Å². The molecule has 1 fully saturated rings. The zero-order valence-corrected chi connectivity index (χ0v) is 16.5. The monoisotopic (exact) mass is 435 g/mol. The van der Waals surface area contributed by atoms with Crippen molar-refractivity contribution in [3.05, 3.63) is 32.9 Å². The van der Waals surface area contributed by atoms with Gasteiger partial charge < -0.3 is 24.3 Å². The van der Waals surface area contributed by atoms with Crippen LogP contribution in [0.1, 0.15) is 30.4 Å². The molecule has 0 aliphatic carbocycles. The average molecular weight is 437 g/mol. The maximum absolute atomic E-state index is 12.1. The Balaban J connectivity index is 2.11. The number of nitrogens with zero attached hydrogens (tertiary/aromatic N) is 1. The number of hydrogen-bond donors (Lipinski definition) is 2. The van der Waals surface area contributed by atoms with Crippen molar-refractivity contribution in [2.75, 3.05) is 6.61 Å². The number of halogens is 3. The molecule has 2 aromatic rings. The quantitative estimate of drug-likeness (QED) is 0.565. The van der Waals surface area contributed by atoms with Crippen LogP contribution in [0.2, 0.25) is 15.2 Å². The maximum Gasteiger partial charge on any atom is 0.302 e. The molecule has 1 aliphatic rings. The summed E-state index contributed by atoms with van der Waals surface area (Å²) >= 11 is 18.6. The van der Waals surface area contributed by atoms with Crippen LogP contribution in [0.25, 0.3) is 10.9 Å². The molecule has 0 radical (unpaired) electrons. The molecule has 27 heavy (non-hydrogen) atoms. The van der Waals surface area contributed by atoms with Gasteiger partial charge in [0.1, 0.15) is 30.1 Å². The third-order valence-corrected chi connectivity index (χ3v) is 5.47. The lowest BCUT2D eigenvalue weighted by atomic mass is 10.1. The fourth-order valence-electron chi connectivity index (χ4n) is 3.14. The Hall–Kier alpha value is -1.35. The van der Waals surface area contributed by atoms with Crippen LogP contribution >= 0.6 is 34.8 Å². The molecule has 2 heterocycles. The van der Waals surface area contributed by atoms with Crippen LogP contribution in [0, 0.1) is 0 Å². The Bertz CT molecular complexity index is 927. The fraction of sp³-hybridized carbons (Fsp3) is 0.412. The Morgan fingerprint density at radius 2 is 1.78 bits per heavy atom. The maximum atomic E-state index is 12.1. The summed E-state index contributed by atoms with van der Waals surface area (Å²) < 4.78 is 11.9. The second-order valence-electron chi connectivity index (χ2n) is 6.22. The first kappa shape index (κ1) is 20.4. The number of esters is 1. The van der Waals surface area contributed by atoms with E-state index in [-0.39, 0.29) is 33.2 Å². The highest BCUT2D eigenvalue weighted by Gasteiger charge is 2.45. The van der Waals surface area contributed by atoms with Gasteiger partial charge in [0.15, 0.2) is 12.0 Å². The number of Topliss-reactive ketones (excluding diaryl/α,β-unsaturated/α-hetero) is 1. The molecule has 0 amide bonds. The minimum Gasteiger partial charge on any atom is -0.463 e. The van der Waals surface area contributed by atoms with Gasteiger partial charge in [-0.25, -0.2) is 0 Å². The second-order valence-corrected chi connectivity index (χ2v) is 7.40. The van der Waals surface area contributed by atoms with Crippen LogP contribution in [0.4, 0.5) is 0 Å². The van der Waals surface area contributed by atoms with Crippen molar-refractivity contribution in [1.29, 1.82) is 0 Å². The molecule has 2 N–H and O–H groups in total. The van der Waals surface area contributed by atoms with Gasteiger partial charge in [0, 0.05) is 12.3 Å². The lowest BCUT2D eigenvalue weighted by Crippen LogP contribution is -2.34. The van der Waals surface area contributed by atoms with E-state index in [1.165, 1.54) is 30.5 Å². The summed E-state index contributed by atoms with van der Waals surface area (Å²) in [6, 6.07) is 3.01. The molecule has 10 heteroatoms. The van der Waals surface area contributed by atoms with E-state index in [1.807, 2.05) is 0 Å². The molecular formula is C17H16Cl3NO6. The van der Waals surface area contributed by atoms with E-state index in [2.05, 4.69) is 0 Å². The van der Waals surface area contributed by atoms with E-state index in [4.69, 9.17) is 44.3 Å². The first-order valence-corrected chi connectivity index (χ1v) is 9.11. The number of ketones is 1. The molecular weight excluding hydrogens is 421 g/mol. The van der Waals surface area contributed by atoms with Crippen LogP contribution in [0.15, 0.2) is 12.1 Å². The normalized spacial score (nSPS) is 25.1. The molecule has 4 atom stereocenters. The molecule has 1 aromatic carbocycles. The van der Waals surface area contributed by atoms with Crippen molar-refractivity contribution in [2.45, 2.75) is 38.4 Å². The molecule has 0 saturated carbocycles. The van der Waals surface area contributed by atoms with E-state index < -0.39 is 30.5 Å². The third kappa shape index (κ3) is 3.55. The minimum atomic E-state index is -1.38. The van der Waals surface area contributed by atoms with E-state index in [1.54, 1.807) is 0 Å². The first-order chi connectivity index (χ1) is 12.6. The van der Waals surface area contributed by atoms with Gasteiger partial charge in [-0.15, -0.1) is 0 Å². The zero-order valence-electron chi connectivity index (χ0n) is 14.3. The van der Waals surface area contributed by atoms with Crippen LogP contribution in [0.3, 0.4) is 0 Å². The lowest BCUT2D eigenvalue weighted by Gasteiger charge is -2.19. The van der Waals surface area contributed by atoms with Crippen LogP contribution in [-0.2, 0) is 14.3 Å². The zero-order chi connectivity index (χ0) is 20.0.